The van der Waals surface area contributed by atoms with E-state index in [0.717, 1.165) is 16.7 Å². The SMILES string of the molecule is Cc1ccc2c(c1)c(-c1c(C#N)cccc1C#N)c(-c1cccc(-c3ccc(C(=O)N=O)cc3)c1)n2S(=O)c1ccc(C(C)F)cc1. The van der Waals surface area contributed by atoms with Crippen LogP contribution in [0.25, 0.3) is 44.4 Å². The highest BCUT2D eigenvalue weighted by atomic mass is 32.2. The van der Waals surface area contributed by atoms with Crippen LogP contribution in [0, 0.1) is 34.5 Å². The third kappa shape index (κ3) is 5.65. The molecule has 6 rings (SSSR count). The number of amides is 1. The molecule has 2 atom stereocenters. The summed E-state index contributed by atoms with van der Waals surface area (Å²) in [4.78, 5) is 23.0. The molecule has 0 spiro atoms. The van der Waals surface area contributed by atoms with Crippen LogP contribution in [0.5, 0.6) is 0 Å². The number of carbonyl (C=O) groups excluding carboxylic acids is 1. The average molecular weight is 637 g/mol. The van der Waals surface area contributed by atoms with Crippen molar-refractivity contribution in [2.45, 2.75) is 24.9 Å². The third-order valence-electron chi connectivity index (χ3n) is 8.03. The molecule has 0 aliphatic rings. The van der Waals surface area contributed by atoms with E-state index in [0.29, 0.717) is 43.7 Å². The zero-order valence-corrected chi connectivity index (χ0v) is 26.1. The highest BCUT2D eigenvalue weighted by Gasteiger charge is 2.27. The minimum atomic E-state index is -1.84. The number of nitrogens with zero attached hydrogens (tertiary/aromatic N) is 4. The van der Waals surface area contributed by atoms with Gasteiger partial charge in [0.25, 0.3) is 0 Å². The molecule has 1 aromatic heterocycles. The molecule has 0 N–H and O–H groups in total. The molecule has 47 heavy (non-hydrogen) atoms. The lowest BCUT2D eigenvalue weighted by Gasteiger charge is -2.15. The van der Waals surface area contributed by atoms with Crippen LogP contribution in [0.2, 0.25) is 0 Å². The molecule has 0 aliphatic carbocycles. The number of nitriles is 2. The lowest BCUT2D eigenvalue weighted by Crippen LogP contribution is -2.07. The predicted octanol–water partition coefficient (Wildman–Crippen LogP) is 9.20. The van der Waals surface area contributed by atoms with Gasteiger partial charge in [0.15, 0.2) is 11.0 Å². The number of rotatable bonds is 7. The van der Waals surface area contributed by atoms with Gasteiger partial charge in [-0.2, -0.15) is 10.5 Å². The van der Waals surface area contributed by atoms with Gasteiger partial charge in [-0.1, -0.05) is 60.2 Å². The van der Waals surface area contributed by atoms with Gasteiger partial charge in [0.1, 0.15) is 6.17 Å². The van der Waals surface area contributed by atoms with Gasteiger partial charge in [-0.05, 0) is 85.1 Å². The van der Waals surface area contributed by atoms with Crippen LogP contribution in [0.1, 0.15) is 45.7 Å². The lowest BCUT2D eigenvalue weighted by atomic mass is 9.90. The number of carbonyl (C=O) groups is 1. The van der Waals surface area contributed by atoms with Crippen LogP contribution in [-0.2, 0) is 11.0 Å². The van der Waals surface area contributed by atoms with Crippen molar-refractivity contribution < 1.29 is 13.4 Å². The quantitative estimate of drug-likeness (QED) is 0.162. The van der Waals surface area contributed by atoms with E-state index in [-0.39, 0.29) is 16.7 Å². The number of benzene rings is 5. The zero-order valence-electron chi connectivity index (χ0n) is 25.3. The lowest BCUT2D eigenvalue weighted by molar-refractivity contribution is 0.100. The fraction of sp³-hybridized carbons (Fsp3) is 0.0789. The predicted molar refractivity (Wildman–Crippen MR) is 180 cm³/mol. The molecule has 5 aromatic carbocycles. The van der Waals surface area contributed by atoms with E-state index in [1.165, 1.54) is 19.1 Å². The highest BCUT2D eigenvalue weighted by Crippen LogP contribution is 2.45. The van der Waals surface area contributed by atoms with E-state index in [9.17, 15) is 28.8 Å². The number of aryl methyl sites for hydroxylation is 1. The summed E-state index contributed by atoms with van der Waals surface area (Å²) in [6, 6.07) is 35.6. The van der Waals surface area contributed by atoms with Gasteiger partial charge in [0.2, 0.25) is 0 Å². The Labute approximate surface area is 272 Å². The molecule has 1 amide bonds. The van der Waals surface area contributed by atoms with E-state index in [1.54, 1.807) is 58.6 Å². The molecule has 0 aliphatic heterocycles. The molecule has 0 saturated heterocycles. The van der Waals surface area contributed by atoms with Crippen molar-refractivity contribution >= 4 is 27.8 Å². The molecule has 0 bridgehead atoms. The second-order valence-electron chi connectivity index (χ2n) is 11.0. The number of fused-ring (bicyclic) bond motifs is 1. The molecule has 1 heterocycles. The number of aromatic nitrogens is 1. The van der Waals surface area contributed by atoms with Gasteiger partial charge in [0, 0.05) is 32.8 Å². The first kappa shape index (κ1) is 31.0. The van der Waals surface area contributed by atoms with Crippen molar-refractivity contribution in [3.8, 4) is 45.6 Å². The number of nitroso groups, excluding NO2 is 1. The zero-order chi connectivity index (χ0) is 33.2. The van der Waals surface area contributed by atoms with Crippen molar-refractivity contribution in [3.63, 3.8) is 0 Å². The fourth-order valence-electron chi connectivity index (χ4n) is 5.73. The Balaban J connectivity index is 1.69. The molecule has 0 saturated carbocycles. The summed E-state index contributed by atoms with van der Waals surface area (Å²) >= 11 is 0. The van der Waals surface area contributed by atoms with Crippen molar-refractivity contribution in [3.05, 3.63) is 142 Å². The molecule has 228 valence electrons. The topological polar surface area (TPSA) is 116 Å². The Kier molecular flexibility index (Phi) is 8.41. The highest BCUT2D eigenvalue weighted by molar-refractivity contribution is 7.83. The maximum atomic E-state index is 14.6. The molecule has 2 unspecified atom stereocenters. The van der Waals surface area contributed by atoms with Gasteiger partial charge in [-0.3, -0.25) is 8.77 Å². The summed E-state index contributed by atoms with van der Waals surface area (Å²) in [6.45, 7) is 3.37. The Morgan fingerprint density at radius 1 is 0.809 bits per heavy atom. The molecule has 6 aromatic rings. The average Bonchev–Trinajstić information content (AvgIpc) is 3.44. The summed E-state index contributed by atoms with van der Waals surface area (Å²) in [5.41, 5.74) is 6.45. The van der Waals surface area contributed by atoms with Crippen molar-refractivity contribution in [2.24, 2.45) is 5.18 Å². The van der Waals surface area contributed by atoms with Gasteiger partial charge < -0.3 is 0 Å². The van der Waals surface area contributed by atoms with Crippen molar-refractivity contribution in [2.75, 3.05) is 0 Å². The van der Waals surface area contributed by atoms with E-state index in [1.807, 2.05) is 49.4 Å². The molecule has 9 heteroatoms. The third-order valence-corrected chi connectivity index (χ3v) is 9.41. The first-order valence-corrected chi connectivity index (χ1v) is 15.7. The first-order chi connectivity index (χ1) is 22.7. The van der Waals surface area contributed by atoms with Crippen LogP contribution in [0.4, 0.5) is 4.39 Å². The maximum absolute atomic E-state index is 14.6. The standard InChI is InChI=1S/C38H25FN4O3S/c1-23-9-18-34-33(19-23)36(35-30(21-40)7-4-8-31(35)22-41)37(43(34)47(46)32-16-14-25(15-17-32)24(2)39)29-6-3-5-28(20-29)26-10-12-27(13-11-26)38(44)42-45/h3-20,24H,1-2H3. The largest absolute Gasteiger partial charge is 0.316 e. The van der Waals surface area contributed by atoms with Gasteiger partial charge >= 0.3 is 5.91 Å². The van der Waals surface area contributed by atoms with Gasteiger partial charge in [0.05, 0.1) is 39.4 Å². The Bertz CT molecular complexity index is 2280. The second kappa shape index (κ2) is 12.8. The van der Waals surface area contributed by atoms with Crippen molar-refractivity contribution in [1.29, 1.82) is 10.5 Å². The van der Waals surface area contributed by atoms with Crippen LogP contribution < -0.4 is 0 Å². The number of halogens is 1. The number of alkyl halides is 1. The fourth-order valence-corrected chi connectivity index (χ4v) is 7.01. The minimum absolute atomic E-state index is 0.165. The first-order valence-electron chi connectivity index (χ1n) is 14.6. The maximum Gasteiger partial charge on any atom is 0.316 e. The number of hydrogen-bond donors (Lipinski definition) is 0. The number of hydrogen-bond acceptors (Lipinski definition) is 5. The van der Waals surface area contributed by atoms with Crippen LogP contribution >= 0.6 is 0 Å². The molecule has 0 fully saturated rings. The summed E-state index contributed by atoms with van der Waals surface area (Å²) in [5.74, 6) is -0.865. The van der Waals surface area contributed by atoms with E-state index < -0.39 is 23.1 Å². The van der Waals surface area contributed by atoms with Crippen LogP contribution in [0.15, 0.2) is 119 Å². The monoisotopic (exact) mass is 636 g/mol. The summed E-state index contributed by atoms with van der Waals surface area (Å²) in [6.07, 6.45) is -1.19. The van der Waals surface area contributed by atoms with E-state index in [2.05, 4.69) is 17.3 Å². The van der Waals surface area contributed by atoms with Gasteiger partial charge in [-0.25, -0.2) is 8.60 Å². The van der Waals surface area contributed by atoms with Gasteiger partial charge in [-0.15, -0.1) is 4.91 Å². The smallest absolute Gasteiger partial charge is 0.263 e. The normalized spacial score (nSPS) is 12.2. The summed E-state index contributed by atoms with van der Waals surface area (Å²) in [7, 11) is -1.84. The second-order valence-corrected chi connectivity index (χ2v) is 12.3. The molecular weight excluding hydrogens is 612 g/mol. The minimum Gasteiger partial charge on any atom is -0.263 e. The molecular formula is C38H25FN4O3S. The molecule has 0 radical (unpaired) electrons. The Hall–Kier alpha value is -6.03. The van der Waals surface area contributed by atoms with Crippen LogP contribution in [0.3, 0.4) is 0 Å². The summed E-state index contributed by atoms with van der Waals surface area (Å²) in [5, 5.41) is 23.6. The molecule has 7 nitrogen and oxygen atoms in total. The Morgan fingerprint density at radius 2 is 1.45 bits per heavy atom. The van der Waals surface area contributed by atoms with E-state index in [4.69, 9.17) is 0 Å². The Morgan fingerprint density at radius 3 is 2.06 bits per heavy atom. The summed E-state index contributed by atoms with van der Waals surface area (Å²) < 4.78 is 30.4. The van der Waals surface area contributed by atoms with Crippen molar-refractivity contribution in [1.82, 2.24) is 3.97 Å². The van der Waals surface area contributed by atoms with E-state index >= 15 is 0 Å². The van der Waals surface area contributed by atoms with Crippen LogP contribution in [-0.4, -0.2) is 14.1 Å².